The normalized spacial score (nSPS) is 20.3. The molecule has 1 rings (SSSR count). The Labute approximate surface area is 124 Å². The summed E-state index contributed by atoms with van der Waals surface area (Å²) in [6, 6.07) is 0. The molecule has 0 aromatic rings. The van der Waals surface area contributed by atoms with Crippen LogP contribution < -0.4 is 0 Å². The van der Waals surface area contributed by atoms with Crippen molar-refractivity contribution in [2.75, 3.05) is 14.2 Å². The highest BCUT2D eigenvalue weighted by Crippen LogP contribution is 2.38. The first-order valence-electron chi connectivity index (χ1n) is 6.74. The molecule has 0 saturated heterocycles. The highest BCUT2D eigenvalue weighted by Gasteiger charge is 2.47. The molecule has 5 heteroatoms. The van der Waals surface area contributed by atoms with Gasteiger partial charge in [-0.15, -0.1) is 11.8 Å². The number of allylic oxidation sites excluding steroid dienone is 2. The van der Waals surface area contributed by atoms with Crippen molar-refractivity contribution in [3.8, 4) is 11.8 Å². The summed E-state index contributed by atoms with van der Waals surface area (Å²) in [5.74, 6) is 4.36. The van der Waals surface area contributed by atoms with E-state index < -0.39 is 17.4 Å². The molecule has 0 unspecified atom stereocenters. The lowest BCUT2D eigenvalue weighted by atomic mass is 9.81. The van der Waals surface area contributed by atoms with E-state index in [2.05, 4.69) is 11.8 Å². The Hall–Kier alpha value is -2.09. The van der Waals surface area contributed by atoms with E-state index in [-0.39, 0.29) is 24.7 Å². The molecule has 0 spiro atoms. The number of hydrogen-bond acceptors (Lipinski definition) is 5. The summed E-state index contributed by atoms with van der Waals surface area (Å²) < 4.78 is 9.51. The van der Waals surface area contributed by atoms with Gasteiger partial charge in [0.05, 0.1) is 14.2 Å². The van der Waals surface area contributed by atoms with Crippen molar-refractivity contribution >= 4 is 18.2 Å². The van der Waals surface area contributed by atoms with Crippen LogP contribution in [0.4, 0.5) is 0 Å². The van der Waals surface area contributed by atoms with Gasteiger partial charge >= 0.3 is 11.9 Å². The van der Waals surface area contributed by atoms with Gasteiger partial charge in [0.15, 0.2) is 5.41 Å². The SMILES string of the molecule is CC#CCC(C/C=C/[C@H]1C[C@@H]1C=O)(C(=O)OC)C(=O)OC. The summed E-state index contributed by atoms with van der Waals surface area (Å²) in [6.07, 6.45) is 5.51. The number of methoxy groups -OCH3 is 2. The molecule has 0 N–H and O–H groups in total. The van der Waals surface area contributed by atoms with Gasteiger partial charge in [-0.1, -0.05) is 12.2 Å². The highest BCUT2D eigenvalue weighted by molar-refractivity contribution is 6.00. The molecular formula is C16H20O5. The molecule has 0 heterocycles. The predicted molar refractivity (Wildman–Crippen MR) is 76.0 cm³/mol. The van der Waals surface area contributed by atoms with Gasteiger partial charge < -0.3 is 14.3 Å². The molecule has 0 aliphatic heterocycles. The zero-order valence-corrected chi connectivity index (χ0v) is 12.5. The number of carbonyl (C=O) groups is 3. The van der Waals surface area contributed by atoms with Crippen molar-refractivity contribution in [3.63, 3.8) is 0 Å². The Morgan fingerprint density at radius 1 is 1.24 bits per heavy atom. The summed E-state index contributed by atoms with van der Waals surface area (Å²) in [4.78, 5) is 34.7. The van der Waals surface area contributed by atoms with Gasteiger partial charge in [-0.25, -0.2) is 0 Å². The minimum absolute atomic E-state index is 0.0367. The number of esters is 2. The third kappa shape index (κ3) is 3.94. The van der Waals surface area contributed by atoms with E-state index in [4.69, 9.17) is 9.47 Å². The second kappa shape index (κ2) is 7.63. The fourth-order valence-corrected chi connectivity index (χ4v) is 2.15. The molecule has 0 radical (unpaired) electrons. The Bertz CT molecular complexity index is 479. The van der Waals surface area contributed by atoms with Crippen LogP contribution in [0.25, 0.3) is 0 Å². The number of aldehydes is 1. The fourth-order valence-electron chi connectivity index (χ4n) is 2.15. The number of carbonyl (C=O) groups excluding carboxylic acids is 3. The maximum Gasteiger partial charge on any atom is 0.324 e. The van der Waals surface area contributed by atoms with Crippen molar-refractivity contribution in [3.05, 3.63) is 12.2 Å². The molecule has 2 atom stereocenters. The maximum atomic E-state index is 12.1. The van der Waals surface area contributed by atoms with Crippen LogP contribution in [-0.4, -0.2) is 32.4 Å². The van der Waals surface area contributed by atoms with E-state index in [1.54, 1.807) is 13.0 Å². The van der Waals surface area contributed by atoms with E-state index in [9.17, 15) is 14.4 Å². The Morgan fingerprint density at radius 3 is 2.29 bits per heavy atom. The molecule has 5 nitrogen and oxygen atoms in total. The first kappa shape index (κ1) is 17.0. The third-order valence-electron chi connectivity index (χ3n) is 3.63. The molecular weight excluding hydrogens is 272 g/mol. The molecule has 1 fully saturated rings. The lowest BCUT2D eigenvalue weighted by Crippen LogP contribution is -2.40. The standard InChI is InChI=1S/C16H20O5/c1-4-5-8-16(14(18)20-2,15(19)21-3)9-6-7-12-10-13(12)11-17/h6-7,11-13H,8-10H2,1-3H3/b7-6+/t12-,13+/m0/s1. The summed E-state index contributed by atoms with van der Waals surface area (Å²) in [5.41, 5.74) is -1.45. The number of rotatable bonds is 7. The van der Waals surface area contributed by atoms with E-state index >= 15 is 0 Å². The molecule has 21 heavy (non-hydrogen) atoms. The summed E-state index contributed by atoms with van der Waals surface area (Å²) >= 11 is 0. The van der Waals surface area contributed by atoms with Crippen LogP contribution in [0, 0.1) is 29.1 Å². The number of hydrogen-bond donors (Lipinski definition) is 0. The minimum Gasteiger partial charge on any atom is -0.468 e. The van der Waals surface area contributed by atoms with Gasteiger partial charge in [0.1, 0.15) is 6.29 Å². The molecule has 0 aromatic carbocycles. The quantitative estimate of drug-likeness (QED) is 0.234. The minimum atomic E-state index is -1.45. The van der Waals surface area contributed by atoms with Crippen molar-refractivity contribution in [2.24, 2.45) is 17.3 Å². The second-order valence-electron chi connectivity index (χ2n) is 5.00. The molecule has 114 valence electrons. The average molecular weight is 292 g/mol. The van der Waals surface area contributed by atoms with E-state index in [1.165, 1.54) is 14.2 Å². The zero-order valence-electron chi connectivity index (χ0n) is 12.5. The first-order chi connectivity index (χ1) is 10.1. The molecule has 0 bridgehead atoms. The molecule has 0 amide bonds. The highest BCUT2D eigenvalue weighted by atomic mass is 16.5. The second-order valence-corrected chi connectivity index (χ2v) is 5.00. The van der Waals surface area contributed by atoms with Crippen LogP contribution in [0.2, 0.25) is 0 Å². The van der Waals surface area contributed by atoms with Gasteiger partial charge in [0.25, 0.3) is 0 Å². The monoisotopic (exact) mass is 292 g/mol. The fraction of sp³-hybridized carbons (Fsp3) is 0.562. The average Bonchev–Trinajstić information content (AvgIpc) is 3.27. The maximum absolute atomic E-state index is 12.1. The first-order valence-corrected chi connectivity index (χ1v) is 6.74. The molecule has 1 aliphatic carbocycles. The van der Waals surface area contributed by atoms with Crippen LogP contribution in [0.15, 0.2) is 12.2 Å². The van der Waals surface area contributed by atoms with Gasteiger partial charge in [-0.05, 0) is 25.7 Å². The largest absolute Gasteiger partial charge is 0.468 e. The van der Waals surface area contributed by atoms with Gasteiger partial charge in [0, 0.05) is 12.3 Å². The third-order valence-corrected chi connectivity index (χ3v) is 3.63. The van der Waals surface area contributed by atoms with Crippen molar-refractivity contribution in [1.82, 2.24) is 0 Å². The van der Waals surface area contributed by atoms with Crippen LogP contribution in [0.5, 0.6) is 0 Å². The smallest absolute Gasteiger partial charge is 0.324 e. The van der Waals surface area contributed by atoms with Crippen LogP contribution in [0.1, 0.15) is 26.2 Å². The topological polar surface area (TPSA) is 69.7 Å². The van der Waals surface area contributed by atoms with Crippen LogP contribution in [-0.2, 0) is 23.9 Å². The predicted octanol–water partition coefficient (Wildman–Crippen LogP) is 1.51. The Balaban J connectivity index is 2.91. The molecule has 0 aromatic heterocycles. The summed E-state index contributed by atoms with van der Waals surface area (Å²) in [6.45, 7) is 1.63. The zero-order chi connectivity index (χ0) is 15.9. The lowest BCUT2D eigenvalue weighted by Gasteiger charge is -2.24. The van der Waals surface area contributed by atoms with Crippen molar-refractivity contribution in [1.29, 1.82) is 0 Å². The molecule has 1 aliphatic rings. The Kier molecular flexibility index (Phi) is 6.16. The van der Waals surface area contributed by atoms with Crippen molar-refractivity contribution in [2.45, 2.75) is 26.2 Å². The lowest BCUT2D eigenvalue weighted by molar-refractivity contribution is -0.168. The van der Waals surface area contributed by atoms with Gasteiger partial charge in [-0.3, -0.25) is 9.59 Å². The summed E-state index contributed by atoms with van der Waals surface area (Å²) in [7, 11) is 2.46. The van der Waals surface area contributed by atoms with Crippen LogP contribution in [0.3, 0.4) is 0 Å². The Morgan fingerprint density at radius 2 is 1.86 bits per heavy atom. The summed E-state index contributed by atoms with van der Waals surface area (Å²) in [5, 5.41) is 0. The van der Waals surface area contributed by atoms with Crippen molar-refractivity contribution < 1.29 is 23.9 Å². The van der Waals surface area contributed by atoms with Gasteiger partial charge in [-0.2, -0.15) is 0 Å². The van der Waals surface area contributed by atoms with Crippen LogP contribution >= 0.6 is 0 Å². The van der Waals surface area contributed by atoms with Gasteiger partial charge in [0.2, 0.25) is 0 Å². The van der Waals surface area contributed by atoms with E-state index in [0.29, 0.717) is 0 Å². The van der Waals surface area contributed by atoms with E-state index in [1.807, 2.05) is 6.08 Å². The molecule has 1 saturated carbocycles. The number of ether oxygens (including phenoxy) is 2. The van der Waals surface area contributed by atoms with E-state index in [0.717, 1.165) is 12.7 Å².